The summed E-state index contributed by atoms with van der Waals surface area (Å²) in [6.45, 7) is 0. The lowest BCUT2D eigenvalue weighted by atomic mass is 9.90. The zero-order chi connectivity index (χ0) is 21.5. The van der Waals surface area contributed by atoms with Gasteiger partial charge in [-0.3, -0.25) is 9.59 Å². The van der Waals surface area contributed by atoms with Crippen molar-refractivity contribution in [1.82, 2.24) is 4.57 Å². The highest BCUT2D eigenvalue weighted by Crippen LogP contribution is 2.40. The molecule has 1 amide bonds. The van der Waals surface area contributed by atoms with Gasteiger partial charge in [0.1, 0.15) is 0 Å². The minimum absolute atomic E-state index is 0.0516. The molecule has 6 nitrogen and oxygen atoms in total. The van der Waals surface area contributed by atoms with E-state index in [1.54, 1.807) is 20.3 Å². The second-order valence-corrected chi connectivity index (χ2v) is 8.09. The standard InChI is InChI=1S/C25H24N2O4/c1-30-23-13-19-21(14-24(23)31-2)27-11-3-4-20(27)18(12-22(19)28)15-7-9-17(10-8-15)26-25(29)16-5-6-16/h3-4,7-11,13-14,16,18H,5-6,12H2,1-2H3,(H,26,29). The second kappa shape index (κ2) is 7.61. The molecule has 1 N–H and O–H groups in total. The zero-order valence-electron chi connectivity index (χ0n) is 17.6. The number of anilines is 1. The molecule has 1 atom stereocenters. The summed E-state index contributed by atoms with van der Waals surface area (Å²) in [6, 6.07) is 15.5. The quantitative estimate of drug-likeness (QED) is 0.662. The largest absolute Gasteiger partial charge is 0.493 e. The normalized spacial score (nSPS) is 17.4. The van der Waals surface area contributed by atoms with Crippen molar-refractivity contribution >= 4 is 17.4 Å². The van der Waals surface area contributed by atoms with Gasteiger partial charge in [-0.2, -0.15) is 0 Å². The smallest absolute Gasteiger partial charge is 0.227 e. The maximum Gasteiger partial charge on any atom is 0.227 e. The lowest BCUT2D eigenvalue weighted by Crippen LogP contribution is -2.13. The third kappa shape index (κ3) is 3.48. The van der Waals surface area contributed by atoms with Gasteiger partial charge in [-0.1, -0.05) is 12.1 Å². The SMILES string of the molecule is COc1cc2c(cc1OC)-n1cccc1C(c1ccc(NC(=O)C3CC3)cc1)CC2=O. The Labute approximate surface area is 180 Å². The topological polar surface area (TPSA) is 69.6 Å². The number of benzene rings is 2. The number of amides is 1. The Kier molecular flexibility index (Phi) is 4.77. The van der Waals surface area contributed by atoms with Crippen molar-refractivity contribution in [2.45, 2.75) is 25.2 Å². The molecule has 5 rings (SSSR count). The highest BCUT2D eigenvalue weighted by molar-refractivity contribution is 6.01. The molecule has 1 saturated carbocycles. The van der Waals surface area contributed by atoms with E-state index in [9.17, 15) is 9.59 Å². The van der Waals surface area contributed by atoms with Crippen LogP contribution < -0.4 is 14.8 Å². The van der Waals surface area contributed by atoms with Crippen LogP contribution in [0.4, 0.5) is 5.69 Å². The van der Waals surface area contributed by atoms with Gasteiger partial charge in [0.05, 0.1) is 19.9 Å². The number of nitrogens with zero attached hydrogens (tertiary/aromatic N) is 1. The van der Waals surface area contributed by atoms with Gasteiger partial charge in [-0.15, -0.1) is 0 Å². The molecule has 1 aromatic heterocycles. The van der Waals surface area contributed by atoms with E-state index in [-0.39, 0.29) is 23.5 Å². The van der Waals surface area contributed by atoms with Crippen LogP contribution in [0.1, 0.15) is 46.8 Å². The number of carbonyl (C=O) groups excluding carboxylic acids is 2. The van der Waals surface area contributed by atoms with E-state index in [4.69, 9.17) is 9.47 Å². The Balaban J connectivity index is 1.51. The monoisotopic (exact) mass is 416 g/mol. The molecule has 6 heteroatoms. The lowest BCUT2D eigenvalue weighted by molar-refractivity contribution is -0.117. The fourth-order valence-electron chi connectivity index (χ4n) is 4.27. The van der Waals surface area contributed by atoms with E-state index in [0.717, 1.165) is 35.5 Å². The van der Waals surface area contributed by atoms with Gasteiger partial charge in [-0.05, 0) is 48.7 Å². The van der Waals surface area contributed by atoms with Gasteiger partial charge >= 0.3 is 0 Å². The van der Waals surface area contributed by atoms with Crippen LogP contribution in [0.5, 0.6) is 11.5 Å². The van der Waals surface area contributed by atoms with Crippen LogP contribution in [0.25, 0.3) is 5.69 Å². The number of hydrogen-bond acceptors (Lipinski definition) is 4. The molecule has 0 radical (unpaired) electrons. The van der Waals surface area contributed by atoms with Crippen LogP contribution in [-0.4, -0.2) is 30.5 Å². The van der Waals surface area contributed by atoms with Crippen molar-refractivity contribution in [3.63, 3.8) is 0 Å². The number of carbonyl (C=O) groups is 2. The summed E-state index contributed by atoms with van der Waals surface area (Å²) >= 11 is 0. The van der Waals surface area contributed by atoms with Crippen molar-refractivity contribution in [1.29, 1.82) is 0 Å². The van der Waals surface area contributed by atoms with Gasteiger partial charge in [0, 0.05) is 47.5 Å². The zero-order valence-corrected chi connectivity index (χ0v) is 17.6. The predicted molar refractivity (Wildman–Crippen MR) is 117 cm³/mol. The maximum atomic E-state index is 13.3. The van der Waals surface area contributed by atoms with Gasteiger partial charge in [0.15, 0.2) is 17.3 Å². The number of nitrogens with one attached hydrogen (secondary N) is 1. The van der Waals surface area contributed by atoms with Crippen molar-refractivity contribution < 1.29 is 19.1 Å². The third-order valence-corrected chi connectivity index (χ3v) is 6.12. The fourth-order valence-corrected chi connectivity index (χ4v) is 4.27. The average molecular weight is 416 g/mol. The van der Waals surface area contributed by atoms with Crippen molar-refractivity contribution in [2.24, 2.45) is 5.92 Å². The molecule has 1 aliphatic carbocycles. The molecule has 0 spiro atoms. The summed E-state index contributed by atoms with van der Waals surface area (Å²) in [6.07, 6.45) is 4.26. The Bertz CT molecular complexity index is 1160. The van der Waals surface area contributed by atoms with Gasteiger partial charge in [-0.25, -0.2) is 0 Å². The number of Topliss-reactive ketones (excluding diaryl/α,β-unsaturated/α-hetero) is 1. The molecule has 1 fully saturated rings. The molecule has 0 bridgehead atoms. The third-order valence-electron chi connectivity index (χ3n) is 6.12. The van der Waals surface area contributed by atoms with Crippen LogP contribution in [0.15, 0.2) is 54.7 Å². The van der Waals surface area contributed by atoms with Crippen molar-refractivity contribution in [3.8, 4) is 17.2 Å². The molecule has 2 aliphatic rings. The molecule has 2 aromatic carbocycles. The van der Waals surface area contributed by atoms with E-state index in [1.165, 1.54) is 0 Å². The number of hydrogen-bond donors (Lipinski definition) is 1. The number of ketones is 1. The van der Waals surface area contributed by atoms with Crippen LogP contribution in [-0.2, 0) is 4.79 Å². The Hall–Kier alpha value is -3.54. The number of rotatable bonds is 5. The van der Waals surface area contributed by atoms with Crippen molar-refractivity contribution in [3.05, 3.63) is 71.5 Å². The molecule has 0 saturated heterocycles. The Morgan fingerprint density at radius 2 is 1.74 bits per heavy atom. The first-order chi connectivity index (χ1) is 15.1. The number of fused-ring (bicyclic) bond motifs is 3. The summed E-state index contributed by atoms with van der Waals surface area (Å²) in [5, 5.41) is 2.97. The highest BCUT2D eigenvalue weighted by atomic mass is 16.5. The fraction of sp³-hybridized carbons (Fsp3) is 0.280. The van der Waals surface area contributed by atoms with E-state index in [2.05, 4.69) is 9.88 Å². The first kappa shape index (κ1) is 19.4. The molecule has 2 heterocycles. The number of aromatic nitrogens is 1. The summed E-state index contributed by atoms with van der Waals surface area (Å²) in [4.78, 5) is 25.3. The molecular weight excluding hydrogens is 392 g/mol. The first-order valence-corrected chi connectivity index (χ1v) is 10.5. The Morgan fingerprint density at radius 3 is 2.42 bits per heavy atom. The lowest BCUT2D eigenvalue weighted by Gasteiger charge is -2.17. The second-order valence-electron chi connectivity index (χ2n) is 8.09. The van der Waals surface area contributed by atoms with Gasteiger partial charge in [0.25, 0.3) is 0 Å². The van der Waals surface area contributed by atoms with Crippen LogP contribution in [0, 0.1) is 5.92 Å². The first-order valence-electron chi connectivity index (χ1n) is 10.5. The Morgan fingerprint density at radius 1 is 1.03 bits per heavy atom. The summed E-state index contributed by atoms with van der Waals surface area (Å²) < 4.78 is 12.9. The molecule has 31 heavy (non-hydrogen) atoms. The van der Waals surface area contributed by atoms with Crippen LogP contribution in [0.3, 0.4) is 0 Å². The minimum Gasteiger partial charge on any atom is -0.493 e. The molecule has 1 unspecified atom stereocenters. The van der Waals surface area contributed by atoms with E-state index >= 15 is 0 Å². The minimum atomic E-state index is -0.0972. The molecule has 158 valence electrons. The highest BCUT2D eigenvalue weighted by Gasteiger charge is 2.31. The van der Waals surface area contributed by atoms with Crippen LogP contribution >= 0.6 is 0 Å². The van der Waals surface area contributed by atoms with Crippen molar-refractivity contribution in [2.75, 3.05) is 19.5 Å². The molecular formula is C25H24N2O4. The van der Waals surface area contributed by atoms with E-state index in [1.807, 2.05) is 48.7 Å². The predicted octanol–water partition coefficient (Wildman–Crippen LogP) is 4.56. The number of methoxy groups -OCH3 is 2. The molecule has 3 aromatic rings. The molecule has 1 aliphatic heterocycles. The average Bonchev–Trinajstić information content (AvgIpc) is 3.55. The van der Waals surface area contributed by atoms with E-state index < -0.39 is 0 Å². The summed E-state index contributed by atoms with van der Waals surface area (Å²) in [5.74, 6) is 1.33. The summed E-state index contributed by atoms with van der Waals surface area (Å²) in [7, 11) is 3.16. The van der Waals surface area contributed by atoms with E-state index in [0.29, 0.717) is 23.5 Å². The van der Waals surface area contributed by atoms with Gasteiger partial charge in [0.2, 0.25) is 5.91 Å². The van der Waals surface area contributed by atoms with Gasteiger partial charge < -0.3 is 19.4 Å². The number of ether oxygens (including phenoxy) is 2. The summed E-state index contributed by atoms with van der Waals surface area (Å²) in [5.41, 5.74) is 4.26. The maximum absolute atomic E-state index is 13.3. The van der Waals surface area contributed by atoms with Crippen LogP contribution in [0.2, 0.25) is 0 Å².